The van der Waals surface area contributed by atoms with Gasteiger partial charge in [0, 0.05) is 16.9 Å². The highest BCUT2D eigenvalue weighted by molar-refractivity contribution is 7.92. The average molecular weight is 420 g/mol. The summed E-state index contributed by atoms with van der Waals surface area (Å²) in [6, 6.07) is 22.3. The Labute approximate surface area is 175 Å². The van der Waals surface area contributed by atoms with Crippen molar-refractivity contribution in [3.8, 4) is 0 Å². The van der Waals surface area contributed by atoms with Crippen molar-refractivity contribution in [1.29, 1.82) is 0 Å². The van der Waals surface area contributed by atoms with Gasteiger partial charge >= 0.3 is 0 Å². The number of anilines is 2. The molecule has 2 aliphatic rings. The summed E-state index contributed by atoms with van der Waals surface area (Å²) in [5, 5.41) is 3.24. The zero-order chi connectivity index (χ0) is 20.6. The van der Waals surface area contributed by atoms with E-state index in [1.54, 1.807) is 48.5 Å². The van der Waals surface area contributed by atoms with Crippen molar-refractivity contribution in [3.05, 3.63) is 83.9 Å². The molecule has 3 aromatic rings. The molecule has 1 fully saturated rings. The highest BCUT2D eigenvalue weighted by Gasteiger charge is 2.23. The SMILES string of the molecule is O=S(=O)(Nc1ccc2c(c1)COC(Nc1cccc(C3CC3)c1)=N2)c1ccccc1. The number of nitrogens with zero attached hydrogens (tertiary/aromatic N) is 1. The van der Waals surface area contributed by atoms with Crippen molar-refractivity contribution in [3.63, 3.8) is 0 Å². The molecule has 6 nitrogen and oxygen atoms in total. The predicted octanol–water partition coefficient (Wildman–Crippen LogP) is 4.99. The number of fused-ring (bicyclic) bond motifs is 1. The maximum Gasteiger partial charge on any atom is 0.294 e. The zero-order valence-corrected chi connectivity index (χ0v) is 17.0. The molecule has 152 valence electrons. The van der Waals surface area contributed by atoms with Gasteiger partial charge in [0.05, 0.1) is 10.6 Å². The summed E-state index contributed by atoms with van der Waals surface area (Å²) in [5.41, 5.74) is 4.34. The molecule has 30 heavy (non-hydrogen) atoms. The van der Waals surface area contributed by atoms with Gasteiger partial charge in [0.1, 0.15) is 6.61 Å². The third-order valence-electron chi connectivity index (χ3n) is 5.16. The van der Waals surface area contributed by atoms with Crippen molar-refractivity contribution < 1.29 is 13.2 Å². The largest absolute Gasteiger partial charge is 0.460 e. The van der Waals surface area contributed by atoms with Crippen LogP contribution in [0.3, 0.4) is 0 Å². The van der Waals surface area contributed by atoms with Crippen LogP contribution in [0.15, 0.2) is 82.7 Å². The fourth-order valence-electron chi connectivity index (χ4n) is 3.45. The molecule has 5 rings (SSSR count). The quantitative estimate of drug-likeness (QED) is 0.610. The van der Waals surface area contributed by atoms with Crippen LogP contribution in [0.5, 0.6) is 0 Å². The average Bonchev–Trinajstić information content (AvgIpc) is 3.60. The molecule has 1 aliphatic carbocycles. The Bertz CT molecular complexity index is 1220. The van der Waals surface area contributed by atoms with Gasteiger partial charge in [-0.15, -0.1) is 0 Å². The van der Waals surface area contributed by atoms with Gasteiger partial charge in [0.25, 0.3) is 16.0 Å². The minimum absolute atomic E-state index is 0.219. The number of ether oxygens (including phenoxy) is 1. The summed E-state index contributed by atoms with van der Waals surface area (Å²) in [6.07, 6.45) is 2.51. The Morgan fingerprint density at radius 2 is 1.73 bits per heavy atom. The molecule has 3 aromatic carbocycles. The summed E-state index contributed by atoms with van der Waals surface area (Å²) in [7, 11) is -3.64. The molecule has 0 bridgehead atoms. The fraction of sp³-hybridized carbons (Fsp3) is 0.174. The molecule has 1 heterocycles. The number of nitrogens with one attached hydrogen (secondary N) is 2. The number of rotatable bonds is 5. The van der Waals surface area contributed by atoms with Crippen molar-refractivity contribution in [2.45, 2.75) is 30.3 Å². The predicted molar refractivity (Wildman–Crippen MR) is 118 cm³/mol. The highest BCUT2D eigenvalue weighted by Crippen LogP contribution is 2.40. The molecule has 7 heteroatoms. The summed E-state index contributed by atoms with van der Waals surface area (Å²) in [5.74, 6) is 0.680. The van der Waals surface area contributed by atoms with E-state index in [2.05, 4.69) is 27.2 Å². The molecule has 2 N–H and O–H groups in total. The topological polar surface area (TPSA) is 79.8 Å². The van der Waals surface area contributed by atoms with Crippen LogP contribution in [0.4, 0.5) is 17.1 Å². The lowest BCUT2D eigenvalue weighted by Crippen LogP contribution is -2.19. The van der Waals surface area contributed by atoms with Crippen LogP contribution >= 0.6 is 0 Å². The summed E-state index contributed by atoms with van der Waals surface area (Å²) < 4.78 is 33.4. The number of hydrogen-bond donors (Lipinski definition) is 2. The van der Waals surface area contributed by atoms with Crippen LogP contribution < -0.4 is 10.0 Å². The molecule has 0 spiro atoms. The number of aliphatic imine (C=N–C) groups is 1. The van der Waals surface area contributed by atoms with Gasteiger partial charge in [-0.05, 0) is 66.8 Å². The zero-order valence-electron chi connectivity index (χ0n) is 16.2. The first-order chi connectivity index (χ1) is 14.6. The lowest BCUT2D eigenvalue weighted by molar-refractivity contribution is 0.286. The van der Waals surface area contributed by atoms with E-state index in [4.69, 9.17) is 4.74 Å². The molecule has 0 unspecified atom stereocenters. The second-order valence-electron chi connectivity index (χ2n) is 7.49. The standard InChI is InChI=1S/C23H21N3O3S/c27-30(28,21-7-2-1-3-8-21)26-20-11-12-22-18(14-20)15-29-23(25-22)24-19-6-4-5-17(13-19)16-9-10-16/h1-8,11-14,16,26H,9-10,15H2,(H,24,25). The van der Waals surface area contributed by atoms with Gasteiger partial charge in [-0.3, -0.25) is 4.72 Å². The molecule has 0 aromatic heterocycles. The van der Waals surface area contributed by atoms with Crippen LogP contribution in [0.25, 0.3) is 0 Å². The third-order valence-corrected chi connectivity index (χ3v) is 6.56. The number of benzene rings is 3. The van der Waals surface area contributed by atoms with Gasteiger partial charge in [-0.2, -0.15) is 4.99 Å². The molecule has 0 amide bonds. The lowest BCUT2D eigenvalue weighted by Gasteiger charge is -2.19. The fourth-order valence-corrected chi connectivity index (χ4v) is 4.52. The van der Waals surface area contributed by atoms with Crippen molar-refractivity contribution in [2.24, 2.45) is 4.99 Å². The molecule has 0 radical (unpaired) electrons. The van der Waals surface area contributed by atoms with Gasteiger partial charge in [-0.1, -0.05) is 30.3 Å². The first kappa shape index (κ1) is 18.7. The third kappa shape index (κ3) is 4.02. The minimum atomic E-state index is -3.64. The van der Waals surface area contributed by atoms with E-state index in [0.717, 1.165) is 16.9 Å². The van der Waals surface area contributed by atoms with Crippen LogP contribution in [-0.4, -0.2) is 14.4 Å². The lowest BCUT2D eigenvalue weighted by atomic mass is 10.1. The van der Waals surface area contributed by atoms with Crippen molar-refractivity contribution in [1.82, 2.24) is 0 Å². The molecule has 0 saturated heterocycles. The van der Waals surface area contributed by atoms with Crippen LogP contribution in [-0.2, 0) is 21.4 Å². The molecule has 0 atom stereocenters. The van der Waals surface area contributed by atoms with E-state index in [-0.39, 0.29) is 4.90 Å². The van der Waals surface area contributed by atoms with Gasteiger partial charge in [0.2, 0.25) is 0 Å². The smallest absolute Gasteiger partial charge is 0.294 e. The Morgan fingerprint density at radius 1 is 0.900 bits per heavy atom. The number of hydrogen-bond acceptors (Lipinski definition) is 5. The number of amidine groups is 1. The van der Waals surface area contributed by atoms with E-state index < -0.39 is 10.0 Å². The Kier molecular flexibility index (Phi) is 4.67. The van der Waals surface area contributed by atoms with Gasteiger partial charge < -0.3 is 10.1 Å². The van der Waals surface area contributed by atoms with E-state index >= 15 is 0 Å². The van der Waals surface area contributed by atoms with E-state index in [1.807, 2.05) is 12.1 Å². The maximum absolute atomic E-state index is 12.5. The van der Waals surface area contributed by atoms with Crippen LogP contribution in [0.1, 0.15) is 29.9 Å². The molecule has 1 saturated carbocycles. The Morgan fingerprint density at radius 3 is 2.53 bits per heavy atom. The van der Waals surface area contributed by atoms with Gasteiger partial charge in [-0.25, -0.2) is 8.42 Å². The number of sulfonamides is 1. The monoisotopic (exact) mass is 419 g/mol. The van der Waals surface area contributed by atoms with Crippen molar-refractivity contribution in [2.75, 3.05) is 10.0 Å². The molecular weight excluding hydrogens is 398 g/mol. The summed E-state index contributed by atoms with van der Waals surface area (Å²) >= 11 is 0. The Hall–Kier alpha value is -3.32. The highest BCUT2D eigenvalue weighted by atomic mass is 32.2. The summed E-state index contributed by atoms with van der Waals surface area (Å²) in [6.45, 7) is 0.310. The molecule has 1 aliphatic heterocycles. The van der Waals surface area contributed by atoms with E-state index in [9.17, 15) is 8.42 Å². The first-order valence-electron chi connectivity index (χ1n) is 9.86. The second-order valence-corrected chi connectivity index (χ2v) is 9.17. The maximum atomic E-state index is 12.5. The van der Waals surface area contributed by atoms with Crippen molar-refractivity contribution >= 4 is 33.1 Å². The second kappa shape index (κ2) is 7.50. The van der Waals surface area contributed by atoms with Gasteiger partial charge in [0.15, 0.2) is 0 Å². The van der Waals surface area contributed by atoms with E-state index in [1.165, 1.54) is 18.4 Å². The summed E-state index contributed by atoms with van der Waals surface area (Å²) in [4.78, 5) is 4.75. The van der Waals surface area contributed by atoms with Crippen LogP contribution in [0.2, 0.25) is 0 Å². The first-order valence-corrected chi connectivity index (χ1v) is 11.3. The normalized spacial score (nSPS) is 15.5. The van der Waals surface area contributed by atoms with E-state index in [0.29, 0.717) is 24.2 Å². The van der Waals surface area contributed by atoms with Crippen LogP contribution in [0, 0.1) is 0 Å². The minimum Gasteiger partial charge on any atom is -0.460 e. The Balaban J connectivity index is 1.33. The molecular formula is C23H21N3O3S.